The van der Waals surface area contributed by atoms with Crippen molar-refractivity contribution in [2.75, 3.05) is 25.1 Å². The van der Waals surface area contributed by atoms with E-state index < -0.39 is 11.9 Å². The lowest BCUT2D eigenvalue weighted by Gasteiger charge is -2.15. The van der Waals surface area contributed by atoms with Gasteiger partial charge in [-0.15, -0.1) is 0 Å². The van der Waals surface area contributed by atoms with Gasteiger partial charge >= 0.3 is 6.08 Å². The van der Waals surface area contributed by atoms with E-state index >= 15 is 0 Å². The van der Waals surface area contributed by atoms with Crippen molar-refractivity contribution >= 4 is 16.7 Å². The van der Waals surface area contributed by atoms with Crippen molar-refractivity contribution in [2.45, 2.75) is 27.7 Å². The molecule has 2 aromatic heterocycles. The molecule has 1 atom stereocenters. The Balaban J connectivity index is 2.02. The van der Waals surface area contributed by atoms with E-state index in [1.165, 1.54) is 13.1 Å². The number of nitrogens with zero attached hydrogens (tertiary/aromatic N) is 3. The van der Waals surface area contributed by atoms with Crippen LogP contribution in [0.4, 0.5) is 14.6 Å². The molecule has 7 heteroatoms. The number of aryl methyl sites for hydroxylation is 1. The Bertz CT molecular complexity index is 679. The van der Waals surface area contributed by atoms with Gasteiger partial charge in [0, 0.05) is 19.3 Å². The molecule has 0 saturated carbocycles. The van der Waals surface area contributed by atoms with Crippen LogP contribution in [0.5, 0.6) is 0 Å². The maximum Gasteiger partial charge on any atom is 0.311 e. The van der Waals surface area contributed by atoms with Crippen molar-refractivity contribution in [3.05, 3.63) is 23.8 Å². The fourth-order valence-electron chi connectivity index (χ4n) is 1.96. The van der Waals surface area contributed by atoms with Gasteiger partial charge in [0.15, 0.2) is 5.82 Å². The Labute approximate surface area is 134 Å². The first kappa shape index (κ1) is 17.5. The van der Waals surface area contributed by atoms with E-state index in [1.54, 1.807) is 0 Å². The van der Waals surface area contributed by atoms with Gasteiger partial charge in [-0.1, -0.05) is 20.8 Å². The Hall–Kier alpha value is -1.89. The largest absolute Gasteiger partial charge is 0.379 e. The highest BCUT2D eigenvalue weighted by molar-refractivity contribution is 5.88. The zero-order valence-corrected chi connectivity index (χ0v) is 13.9. The third-order valence-corrected chi connectivity index (χ3v) is 3.89. The van der Waals surface area contributed by atoms with Crippen LogP contribution < -0.4 is 5.32 Å². The number of hydrogen-bond donors (Lipinski definition) is 1. The first-order valence-electron chi connectivity index (χ1n) is 7.70. The lowest BCUT2D eigenvalue weighted by molar-refractivity contribution is 0.0972. The van der Waals surface area contributed by atoms with Gasteiger partial charge in [0.1, 0.15) is 11.3 Å². The maximum absolute atomic E-state index is 14.0. The van der Waals surface area contributed by atoms with Crippen LogP contribution in [0.25, 0.3) is 10.9 Å². The summed E-state index contributed by atoms with van der Waals surface area (Å²) in [6.45, 7) is 9.47. The van der Waals surface area contributed by atoms with Crippen LogP contribution in [0.3, 0.4) is 0 Å². The molecule has 2 rings (SSSR count). The third kappa shape index (κ3) is 4.31. The average Bonchev–Trinajstić information content (AvgIpc) is 2.50. The number of fused-ring (bicyclic) bond motifs is 1. The quantitative estimate of drug-likeness (QED) is 0.625. The Morgan fingerprint density at radius 3 is 2.65 bits per heavy atom. The second kappa shape index (κ2) is 7.59. The molecule has 0 aliphatic carbocycles. The van der Waals surface area contributed by atoms with Gasteiger partial charge in [0.2, 0.25) is 0 Å². The van der Waals surface area contributed by atoms with Gasteiger partial charge in [-0.3, -0.25) is 4.98 Å². The van der Waals surface area contributed by atoms with Crippen LogP contribution in [0.15, 0.2) is 6.20 Å². The summed E-state index contributed by atoms with van der Waals surface area (Å²) >= 11 is 0. The number of ether oxygens (including phenoxy) is 1. The van der Waals surface area contributed by atoms with Gasteiger partial charge in [-0.05, 0) is 18.8 Å². The molecular formula is C16H22F2N4O. The fraction of sp³-hybridized carbons (Fsp3) is 0.562. The van der Waals surface area contributed by atoms with Gasteiger partial charge < -0.3 is 10.1 Å². The van der Waals surface area contributed by atoms with E-state index in [4.69, 9.17) is 4.74 Å². The SMILES string of the molecule is Cc1ncc2c(NCCOCC(C)C(C)C)nc(F)nc2c1F. The zero-order valence-electron chi connectivity index (χ0n) is 13.9. The van der Waals surface area contributed by atoms with Crippen molar-refractivity contribution in [2.24, 2.45) is 11.8 Å². The van der Waals surface area contributed by atoms with Crippen LogP contribution in [0.2, 0.25) is 0 Å². The maximum atomic E-state index is 14.0. The normalized spacial score (nSPS) is 12.8. The molecule has 5 nitrogen and oxygen atoms in total. The van der Waals surface area contributed by atoms with Gasteiger partial charge in [-0.2, -0.15) is 14.4 Å². The summed E-state index contributed by atoms with van der Waals surface area (Å²) in [7, 11) is 0. The first-order chi connectivity index (χ1) is 10.9. The minimum atomic E-state index is -0.973. The van der Waals surface area contributed by atoms with E-state index in [0.29, 0.717) is 37.0 Å². The van der Waals surface area contributed by atoms with E-state index in [-0.39, 0.29) is 17.0 Å². The van der Waals surface area contributed by atoms with E-state index in [0.717, 1.165) is 0 Å². The Morgan fingerprint density at radius 1 is 1.22 bits per heavy atom. The predicted octanol–water partition coefficient (Wildman–Crippen LogP) is 3.33. The summed E-state index contributed by atoms with van der Waals surface area (Å²) < 4.78 is 33.1. The minimum Gasteiger partial charge on any atom is -0.379 e. The molecule has 126 valence electrons. The number of hydrogen-bond acceptors (Lipinski definition) is 5. The molecule has 1 N–H and O–H groups in total. The first-order valence-corrected chi connectivity index (χ1v) is 7.70. The van der Waals surface area contributed by atoms with Gasteiger partial charge in [-0.25, -0.2) is 4.39 Å². The molecular weight excluding hydrogens is 302 g/mol. The Kier molecular flexibility index (Phi) is 5.76. The van der Waals surface area contributed by atoms with Crippen molar-refractivity contribution in [1.82, 2.24) is 15.0 Å². The van der Waals surface area contributed by atoms with E-state index in [1.807, 2.05) is 0 Å². The summed E-state index contributed by atoms with van der Waals surface area (Å²) in [5, 5.41) is 3.31. The molecule has 0 radical (unpaired) electrons. The summed E-state index contributed by atoms with van der Waals surface area (Å²) in [5.41, 5.74) is 0.106. The molecule has 2 heterocycles. The van der Waals surface area contributed by atoms with E-state index in [9.17, 15) is 8.78 Å². The van der Waals surface area contributed by atoms with Crippen molar-refractivity contribution in [3.63, 3.8) is 0 Å². The monoisotopic (exact) mass is 324 g/mol. The summed E-state index contributed by atoms with van der Waals surface area (Å²) in [6, 6.07) is 0. The molecule has 0 aromatic carbocycles. The molecule has 0 saturated heterocycles. The molecule has 0 fully saturated rings. The molecule has 23 heavy (non-hydrogen) atoms. The smallest absolute Gasteiger partial charge is 0.311 e. The second-order valence-electron chi connectivity index (χ2n) is 5.98. The number of nitrogens with one attached hydrogen (secondary N) is 1. The summed E-state index contributed by atoms with van der Waals surface area (Å²) in [4.78, 5) is 11.1. The lowest BCUT2D eigenvalue weighted by atomic mass is 9.99. The molecule has 1 unspecified atom stereocenters. The number of pyridine rings is 1. The topological polar surface area (TPSA) is 59.9 Å². The molecule has 0 aliphatic heterocycles. The highest BCUT2D eigenvalue weighted by Gasteiger charge is 2.14. The average molecular weight is 324 g/mol. The molecule has 0 bridgehead atoms. The van der Waals surface area contributed by atoms with Gasteiger partial charge in [0.05, 0.1) is 17.7 Å². The van der Waals surface area contributed by atoms with Crippen LogP contribution in [0, 0.1) is 30.7 Å². The van der Waals surface area contributed by atoms with Crippen molar-refractivity contribution < 1.29 is 13.5 Å². The van der Waals surface area contributed by atoms with E-state index in [2.05, 4.69) is 41.0 Å². The predicted molar refractivity (Wildman–Crippen MR) is 85.3 cm³/mol. The minimum absolute atomic E-state index is 0.0677. The molecule has 0 amide bonds. The molecule has 2 aromatic rings. The third-order valence-electron chi connectivity index (χ3n) is 3.89. The van der Waals surface area contributed by atoms with Crippen LogP contribution >= 0.6 is 0 Å². The van der Waals surface area contributed by atoms with Gasteiger partial charge in [0.25, 0.3) is 0 Å². The fourth-order valence-corrected chi connectivity index (χ4v) is 1.96. The number of anilines is 1. The highest BCUT2D eigenvalue weighted by Crippen LogP contribution is 2.22. The number of aromatic nitrogens is 3. The molecule has 0 aliphatic rings. The lowest BCUT2D eigenvalue weighted by Crippen LogP contribution is -2.17. The van der Waals surface area contributed by atoms with Crippen LogP contribution in [-0.2, 0) is 4.74 Å². The second-order valence-corrected chi connectivity index (χ2v) is 5.98. The summed E-state index contributed by atoms with van der Waals surface area (Å²) in [6.07, 6.45) is 0.468. The van der Waals surface area contributed by atoms with Crippen molar-refractivity contribution in [3.8, 4) is 0 Å². The van der Waals surface area contributed by atoms with Crippen molar-refractivity contribution in [1.29, 1.82) is 0 Å². The molecule has 0 spiro atoms. The van der Waals surface area contributed by atoms with Crippen LogP contribution in [0.1, 0.15) is 26.5 Å². The highest BCUT2D eigenvalue weighted by atomic mass is 19.1. The van der Waals surface area contributed by atoms with Crippen LogP contribution in [-0.4, -0.2) is 34.7 Å². The Morgan fingerprint density at radius 2 is 1.96 bits per heavy atom. The standard InChI is InChI=1S/C16H22F2N4O/c1-9(2)10(3)8-23-6-5-19-15-12-7-20-11(4)13(17)14(12)21-16(18)22-15/h7,9-10H,5-6,8H2,1-4H3,(H,19,21,22). The zero-order chi connectivity index (χ0) is 17.0. The number of halogens is 2. The summed E-state index contributed by atoms with van der Waals surface area (Å²) in [5.74, 6) is 0.613. The number of rotatable bonds is 7.